The molecule has 0 saturated carbocycles. The number of furan rings is 1. The van der Waals surface area contributed by atoms with E-state index in [1.165, 1.54) is 18.4 Å². The maximum Gasteiger partial charge on any atom is 0.126 e. The Morgan fingerprint density at radius 2 is 2.62 bits per heavy atom. The average molecular weight is 177 g/mol. The second-order valence-electron chi connectivity index (χ2n) is 3.55. The highest BCUT2D eigenvalue weighted by Gasteiger charge is 2.15. The Morgan fingerprint density at radius 3 is 3.23 bits per heavy atom. The minimum atomic E-state index is 0.560. The largest absolute Gasteiger partial charge is 0.465 e. The lowest BCUT2D eigenvalue weighted by atomic mass is 10.1. The van der Waals surface area contributed by atoms with Crippen LogP contribution in [-0.2, 0) is 0 Å². The van der Waals surface area contributed by atoms with Gasteiger partial charge in [0.15, 0.2) is 0 Å². The van der Waals surface area contributed by atoms with Gasteiger partial charge in [-0.3, -0.25) is 0 Å². The van der Waals surface area contributed by atoms with Gasteiger partial charge in [-0.05, 0) is 44.5 Å². The van der Waals surface area contributed by atoms with Crippen LogP contribution in [0.4, 0.5) is 0 Å². The molecule has 2 heterocycles. The van der Waals surface area contributed by atoms with Gasteiger partial charge in [-0.1, -0.05) is 5.57 Å². The first kappa shape index (κ1) is 8.57. The van der Waals surface area contributed by atoms with Crippen LogP contribution in [-0.4, -0.2) is 12.6 Å². The van der Waals surface area contributed by atoms with Crippen molar-refractivity contribution >= 4 is 6.08 Å². The fraction of sp³-hybridized carbons (Fsp3) is 0.455. The average Bonchev–Trinajstić information content (AvgIpc) is 2.74. The second kappa shape index (κ2) is 3.79. The van der Waals surface area contributed by atoms with Crippen molar-refractivity contribution < 1.29 is 4.42 Å². The van der Waals surface area contributed by atoms with Crippen LogP contribution in [0, 0.1) is 0 Å². The van der Waals surface area contributed by atoms with Gasteiger partial charge < -0.3 is 9.73 Å². The molecule has 1 saturated heterocycles. The summed E-state index contributed by atoms with van der Waals surface area (Å²) >= 11 is 0. The lowest BCUT2D eigenvalue weighted by Crippen LogP contribution is -2.22. The van der Waals surface area contributed by atoms with Crippen molar-refractivity contribution in [3.8, 4) is 0 Å². The van der Waals surface area contributed by atoms with Crippen molar-refractivity contribution in [2.75, 3.05) is 6.54 Å². The van der Waals surface area contributed by atoms with Gasteiger partial charge in [-0.2, -0.15) is 0 Å². The molecule has 0 aliphatic carbocycles. The Hall–Kier alpha value is -1.02. The summed E-state index contributed by atoms with van der Waals surface area (Å²) in [6.45, 7) is 3.31. The molecule has 0 amide bonds. The van der Waals surface area contributed by atoms with E-state index in [4.69, 9.17) is 4.42 Å². The van der Waals surface area contributed by atoms with Crippen LogP contribution in [0.5, 0.6) is 0 Å². The predicted molar refractivity (Wildman–Crippen MR) is 53.4 cm³/mol. The van der Waals surface area contributed by atoms with Crippen molar-refractivity contribution in [3.05, 3.63) is 29.7 Å². The maximum absolute atomic E-state index is 5.26. The van der Waals surface area contributed by atoms with Gasteiger partial charge in [-0.25, -0.2) is 0 Å². The molecule has 70 valence electrons. The lowest BCUT2D eigenvalue weighted by Gasteiger charge is -2.09. The van der Waals surface area contributed by atoms with Crippen molar-refractivity contribution in [1.29, 1.82) is 0 Å². The molecule has 1 aliphatic heterocycles. The molecule has 1 N–H and O–H groups in total. The van der Waals surface area contributed by atoms with Crippen LogP contribution in [0.15, 0.2) is 28.4 Å². The molecule has 0 bridgehead atoms. The Morgan fingerprint density at radius 1 is 1.69 bits per heavy atom. The highest BCUT2D eigenvalue weighted by Crippen LogP contribution is 2.16. The minimum absolute atomic E-state index is 0.560. The molecule has 0 radical (unpaired) electrons. The van der Waals surface area contributed by atoms with E-state index in [1.54, 1.807) is 6.26 Å². The lowest BCUT2D eigenvalue weighted by molar-refractivity contribution is 0.555. The smallest absolute Gasteiger partial charge is 0.126 e. The molecular formula is C11H15NO. The molecule has 1 unspecified atom stereocenters. The number of hydrogen-bond acceptors (Lipinski definition) is 2. The van der Waals surface area contributed by atoms with Crippen molar-refractivity contribution in [2.45, 2.75) is 25.8 Å². The molecule has 2 heteroatoms. The van der Waals surface area contributed by atoms with Gasteiger partial charge in [-0.15, -0.1) is 0 Å². The van der Waals surface area contributed by atoms with Crippen molar-refractivity contribution in [3.63, 3.8) is 0 Å². The van der Waals surface area contributed by atoms with E-state index in [2.05, 4.69) is 18.3 Å². The fourth-order valence-corrected chi connectivity index (χ4v) is 1.77. The SMILES string of the molecule is C/C(=C\c1ccco1)C1CCCN1. The van der Waals surface area contributed by atoms with E-state index in [1.807, 2.05) is 12.1 Å². The maximum atomic E-state index is 5.26. The minimum Gasteiger partial charge on any atom is -0.465 e. The number of nitrogens with one attached hydrogen (secondary N) is 1. The summed E-state index contributed by atoms with van der Waals surface area (Å²) in [6.07, 6.45) is 6.36. The molecular weight excluding hydrogens is 162 g/mol. The van der Waals surface area contributed by atoms with E-state index in [9.17, 15) is 0 Å². The predicted octanol–water partition coefficient (Wildman–Crippen LogP) is 2.43. The van der Waals surface area contributed by atoms with Crippen LogP contribution < -0.4 is 5.32 Å². The van der Waals surface area contributed by atoms with Gasteiger partial charge in [0.2, 0.25) is 0 Å². The van der Waals surface area contributed by atoms with Gasteiger partial charge in [0.1, 0.15) is 5.76 Å². The third-order valence-electron chi connectivity index (χ3n) is 2.52. The highest BCUT2D eigenvalue weighted by molar-refractivity contribution is 5.48. The quantitative estimate of drug-likeness (QED) is 0.750. The molecule has 1 aromatic rings. The Balaban J connectivity index is 2.07. The summed E-state index contributed by atoms with van der Waals surface area (Å²) < 4.78 is 5.26. The van der Waals surface area contributed by atoms with E-state index >= 15 is 0 Å². The van der Waals surface area contributed by atoms with E-state index in [0.29, 0.717) is 6.04 Å². The fourth-order valence-electron chi connectivity index (χ4n) is 1.77. The zero-order valence-corrected chi connectivity index (χ0v) is 7.92. The van der Waals surface area contributed by atoms with Gasteiger partial charge in [0.05, 0.1) is 6.26 Å². The molecule has 1 fully saturated rings. The summed E-state index contributed by atoms with van der Waals surface area (Å²) in [5.41, 5.74) is 1.37. The van der Waals surface area contributed by atoms with Crippen LogP contribution in [0.25, 0.3) is 6.08 Å². The molecule has 0 spiro atoms. The third kappa shape index (κ3) is 2.01. The Bertz CT molecular complexity index is 281. The standard InChI is InChI=1S/C11H15NO/c1-9(11-5-2-6-12-11)8-10-4-3-7-13-10/h3-4,7-8,11-12H,2,5-6H2,1H3/b9-8+. The van der Waals surface area contributed by atoms with Crippen LogP contribution >= 0.6 is 0 Å². The summed E-state index contributed by atoms with van der Waals surface area (Å²) in [5, 5.41) is 3.46. The summed E-state index contributed by atoms with van der Waals surface area (Å²) in [4.78, 5) is 0. The highest BCUT2D eigenvalue weighted by atomic mass is 16.3. The molecule has 1 atom stereocenters. The van der Waals surface area contributed by atoms with Crippen molar-refractivity contribution in [2.24, 2.45) is 0 Å². The third-order valence-corrected chi connectivity index (χ3v) is 2.52. The van der Waals surface area contributed by atoms with Crippen LogP contribution in [0.2, 0.25) is 0 Å². The Labute approximate surface area is 78.6 Å². The number of hydrogen-bond donors (Lipinski definition) is 1. The van der Waals surface area contributed by atoms with Crippen LogP contribution in [0.3, 0.4) is 0 Å². The molecule has 2 rings (SSSR count). The first-order chi connectivity index (χ1) is 6.36. The Kier molecular flexibility index (Phi) is 2.50. The molecule has 1 aliphatic rings. The zero-order chi connectivity index (χ0) is 9.10. The van der Waals surface area contributed by atoms with Crippen molar-refractivity contribution in [1.82, 2.24) is 5.32 Å². The molecule has 2 nitrogen and oxygen atoms in total. The molecule has 1 aromatic heterocycles. The van der Waals surface area contributed by atoms with Crippen LogP contribution in [0.1, 0.15) is 25.5 Å². The van der Waals surface area contributed by atoms with E-state index in [-0.39, 0.29) is 0 Å². The summed E-state index contributed by atoms with van der Waals surface area (Å²) in [6, 6.07) is 4.46. The normalized spacial score (nSPS) is 23.8. The van der Waals surface area contributed by atoms with E-state index < -0.39 is 0 Å². The van der Waals surface area contributed by atoms with Gasteiger partial charge in [0.25, 0.3) is 0 Å². The second-order valence-corrected chi connectivity index (χ2v) is 3.55. The monoisotopic (exact) mass is 177 g/mol. The summed E-state index contributed by atoms with van der Waals surface area (Å²) in [5.74, 6) is 0.950. The topological polar surface area (TPSA) is 25.2 Å². The first-order valence-electron chi connectivity index (χ1n) is 4.81. The van der Waals surface area contributed by atoms with E-state index in [0.717, 1.165) is 12.3 Å². The molecule has 13 heavy (non-hydrogen) atoms. The van der Waals surface area contributed by atoms with Gasteiger partial charge >= 0.3 is 0 Å². The first-order valence-corrected chi connectivity index (χ1v) is 4.81. The zero-order valence-electron chi connectivity index (χ0n) is 7.92. The number of rotatable bonds is 2. The summed E-state index contributed by atoms with van der Waals surface area (Å²) in [7, 11) is 0. The molecule has 0 aromatic carbocycles. The van der Waals surface area contributed by atoms with Gasteiger partial charge in [0, 0.05) is 6.04 Å².